The molecular weight excluding hydrogens is 359 g/mol. The van der Waals surface area contributed by atoms with Crippen LogP contribution in [0.15, 0.2) is 29.6 Å². The van der Waals surface area contributed by atoms with E-state index in [2.05, 4.69) is 15.4 Å². The number of carboxylic acid groups (broad SMARTS) is 1. The van der Waals surface area contributed by atoms with Crippen molar-refractivity contribution in [2.45, 2.75) is 0 Å². The topological polar surface area (TPSA) is 80.0 Å². The maximum Gasteiger partial charge on any atom is 0.356 e. The molecule has 3 rings (SSSR count). The molecule has 6 nitrogen and oxygen atoms in total. The summed E-state index contributed by atoms with van der Waals surface area (Å²) in [6, 6.07) is 6.60. The Hall–Kier alpha value is -2.09. The number of rotatable bonds is 4. The van der Waals surface area contributed by atoms with Gasteiger partial charge in [0, 0.05) is 34.2 Å². The molecule has 0 unspecified atom stereocenters. The van der Waals surface area contributed by atoms with Crippen molar-refractivity contribution < 1.29 is 9.90 Å². The number of aromatic carboxylic acids is 1. The summed E-state index contributed by atoms with van der Waals surface area (Å²) in [7, 11) is 1.67. The predicted molar refractivity (Wildman–Crippen MR) is 91.0 cm³/mol. The minimum Gasteiger partial charge on any atom is -0.476 e. The largest absolute Gasteiger partial charge is 0.476 e. The molecule has 0 radical (unpaired) electrons. The lowest BCUT2D eigenvalue weighted by molar-refractivity contribution is 0.0689. The third kappa shape index (κ3) is 3.47. The summed E-state index contributed by atoms with van der Waals surface area (Å²) in [5.41, 5.74) is 1.95. The van der Waals surface area contributed by atoms with Crippen molar-refractivity contribution in [3.8, 4) is 11.4 Å². The van der Waals surface area contributed by atoms with Crippen LogP contribution < -0.4 is 5.32 Å². The number of hydrogen-bond donors (Lipinski definition) is 2. The number of anilines is 2. The van der Waals surface area contributed by atoms with E-state index in [9.17, 15) is 4.79 Å². The SMILES string of the molecule is Cn1nc(C(=O)O)cc1-c1csc(Nc2cc(Cl)cc(Cl)c2)n1. The fraction of sp³-hybridized carbons (Fsp3) is 0.0714. The number of halogens is 2. The molecule has 3 aromatic rings. The number of nitrogens with one attached hydrogen (secondary N) is 1. The molecular formula is C14H10Cl2N4O2S. The summed E-state index contributed by atoms with van der Waals surface area (Å²) >= 11 is 13.3. The smallest absolute Gasteiger partial charge is 0.356 e. The standard InChI is InChI=1S/C14H10Cl2N4O2S/c1-20-12(5-10(19-20)13(21)22)11-6-23-14(18-11)17-9-3-7(15)2-8(16)4-9/h2-6H,1H3,(H,17,18)(H,21,22). The number of carboxylic acids is 1. The lowest BCUT2D eigenvalue weighted by atomic mass is 10.3. The lowest BCUT2D eigenvalue weighted by Gasteiger charge is -2.03. The van der Waals surface area contributed by atoms with Crippen LogP contribution in [0.3, 0.4) is 0 Å². The summed E-state index contributed by atoms with van der Waals surface area (Å²) in [4.78, 5) is 15.4. The van der Waals surface area contributed by atoms with Crippen LogP contribution in [-0.2, 0) is 7.05 Å². The van der Waals surface area contributed by atoms with Crippen molar-refractivity contribution in [2.75, 3.05) is 5.32 Å². The molecule has 0 aliphatic rings. The van der Waals surface area contributed by atoms with E-state index in [1.54, 1.807) is 25.2 Å². The maximum atomic E-state index is 11.0. The second kappa shape index (κ2) is 6.19. The number of aryl methyl sites for hydroxylation is 1. The number of carbonyl (C=O) groups is 1. The highest BCUT2D eigenvalue weighted by atomic mass is 35.5. The molecule has 2 heterocycles. The number of benzene rings is 1. The number of hydrogen-bond acceptors (Lipinski definition) is 5. The Morgan fingerprint density at radius 3 is 2.57 bits per heavy atom. The molecule has 2 aromatic heterocycles. The molecule has 9 heteroatoms. The molecule has 23 heavy (non-hydrogen) atoms. The van der Waals surface area contributed by atoms with Gasteiger partial charge in [0.25, 0.3) is 0 Å². The summed E-state index contributed by atoms with van der Waals surface area (Å²) in [5, 5.41) is 19.5. The first-order valence-corrected chi connectivity index (χ1v) is 8.02. The van der Waals surface area contributed by atoms with Gasteiger partial charge in [-0.1, -0.05) is 23.2 Å². The quantitative estimate of drug-likeness (QED) is 0.717. The van der Waals surface area contributed by atoms with Crippen LogP contribution >= 0.6 is 34.5 Å². The molecule has 0 spiro atoms. The van der Waals surface area contributed by atoms with Gasteiger partial charge in [-0.15, -0.1) is 11.3 Å². The number of thiazole rings is 1. The average Bonchev–Trinajstić information content (AvgIpc) is 3.04. The van der Waals surface area contributed by atoms with E-state index in [-0.39, 0.29) is 5.69 Å². The van der Waals surface area contributed by atoms with E-state index in [0.717, 1.165) is 5.69 Å². The molecule has 2 N–H and O–H groups in total. The summed E-state index contributed by atoms with van der Waals surface area (Å²) < 4.78 is 1.48. The normalized spacial score (nSPS) is 10.7. The van der Waals surface area contributed by atoms with Gasteiger partial charge in [-0.2, -0.15) is 5.10 Å². The zero-order chi connectivity index (χ0) is 16.6. The van der Waals surface area contributed by atoms with E-state index in [0.29, 0.717) is 26.6 Å². The highest BCUT2D eigenvalue weighted by Gasteiger charge is 2.15. The Kier molecular flexibility index (Phi) is 4.25. The van der Waals surface area contributed by atoms with Crippen LogP contribution in [0.1, 0.15) is 10.5 Å². The molecule has 0 aliphatic carbocycles. The van der Waals surface area contributed by atoms with Crippen LogP contribution in [0.25, 0.3) is 11.4 Å². The highest BCUT2D eigenvalue weighted by Crippen LogP contribution is 2.29. The van der Waals surface area contributed by atoms with Crippen molar-refractivity contribution in [2.24, 2.45) is 7.05 Å². The van der Waals surface area contributed by atoms with E-state index in [4.69, 9.17) is 28.3 Å². The van der Waals surface area contributed by atoms with Crippen molar-refractivity contribution in [1.29, 1.82) is 0 Å². The minimum atomic E-state index is -1.08. The fourth-order valence-electron chi connectivity index (χ4n) is 2.01. The Morgan fingerprint density at radius 2 is 1.96 bits per heavy atom. The van der Waals surface area contributed by atoms with Crippen LogP contribution in [0, 0.1) is 0 Å². The highest BCUT2D eigenvalue weighted by molar-refractivity contribution is 7.14. The van der Waals surface area contributed by atoms with Crippen molar-refractivity contribution in [1.82, 2.24) is 14.8 Å². The van der Waals surface area contributed by atoms with Gasteiger partial charge in [0.1, 0.15) is 5.69 Å². The Labute approximate surface area is 145 Å². The van der Waals surface area contributed by atoms with Crippen molar-refractivity contribution >= 4 is 51.3 Å². The molecule has 0 atom stereocenters. The molecule has 0 amide bonds. The third-order valence-electron chi connectivity index (χ3n) is 2.98. The zero-order valence-electron chi connectivity index (χ0n) is 11.7. The van der Waals surface area contributed by atoms with Gasteiger partial charge in [0.15, 0.2) is 10.8 Å². The monoisotopic (exact) mass is 368 g/mol. The van der Waals surface area contributed by atoms with Gasteiger partial charge in [-0.25, -0.2) is 9.78 Å². The Balaban J connectivity index is 1.87. The van der Waals surface area contributed by atoms with Gasteiger partial charge in [-0.05, 0) is 18.2 Å². The van der Waals surface area contributed by atoms with Crippen LogP contribution in [0.4, 0.5) is 10.8 Å². The first kappa shape index (κ1) is 15.8. The second-order valence-corrected chi connectivity index (χ2v) is 6.40. The lowest BCUT2D eigenvalue weighted by Crippen LogP contribution is -1.99. The Morgan fingerprint density at radius 1 is 1.26 bits per heavy atom. The first-order chi connectivity index (χ1) is 10.9. The summed E-state index contributed by atoms with van der Waals surface area (Å²) in [6.07, 6.45) is 0. The number of aromatic nitrogens is 3. The van der Waals surface area contributed by atoms with Crippen molar-refractivity contribution in [3.63, 3.8) is 0 Å². The van der Waals surface area contributed by atoms with Gasteiger partial charge in [0.2, 0.25) is 0 Å². The van der Waals surface area contributed by atoms with Crippen LogP contribution in [0.2, 0.25) is 10.0 Å². The predicted octanol–water partition coefficient (Wildman–Crippen LogP) is 4.29. The van der Waals surface area contributed by atoms with Gasteiger partial charge >= 0.3 is 5.97 Å². The summed E-state index contributed by atoms with van der Waals surface area (Å²) in [5.74, 6) is -1.08. The number of nitrogens with zero attached hydrogens (tertiary/aromatic N) is 3. The van der Waals surface area contributed by atoms with Gasteiger partial charge in [0.05, 0.1) is 5.69 Å². The maximum absolute atomic E-state index is 11.0. The zero-order valence-corrected chi connectivity index (χ0v) is 14.1. The molecule has 0 fully saturated rings. The van der Waals surface area contributed by atoms with Crippen LogP contribution in [-0.4, -0.2) is 25.8 Å². The van der Waals surface area contributed by atoms with Gasteiger partial charge in [-0.3, -0.25) is 4.68 Å². The average molecular weight is 369 g/mol. The molecule has 118 valence electrons. The van der Waals surface area contributed by atoms with Gasteiger partial charge < -0.3 is 10.4 Å². The van der Waals surface area contributed by atoms with Crippen LogP contribution in [0.5, 0.6) is 0 Å². The first-order valence-electron chi connectivity index (χ1n) is 6.39. The Bertz CT molecular complexity index is 871. The molecule has 0 saturated carbocycles. The van der Waals surface area contributed by atoms with Crippen molar-refractivity contribution in [3.05, 3.63) is 45.4 Å². The van der Waals surface area contributed by atoms with E-state index >= 15 is 0 Å². The third-order valence-corrected chi connectivity index (χ3v) is 4.17. The molecule has 1 aromatic carbocycles. The molecule has 0 aliphatic heterocycles. The fourth-order valence-corrected chi connectivity index (χ4v) is 3.26. The minimum absolute atomic E-state index is 0.0216. The van der Waals surface area contributed by atoms with E-state index in [1.807, 2.05) is 5.38 Å². The molecule has 0 bridgehead atoms. The molecule has 0 saturated heterocycles. The van der Waals surface area contributed by atoms with E-state index < -0.39 is 5.97 Å². The second-order valence-electron chi connectivity index (χ2n) is 4.66. The summed E-state index contributed by atoms with van der Waals surface area (Å²) in [6.45, 7) is 0. The van der Waals surface area contributed by atoms with E-state index in [1.165, 1.54) is 22.1 Å².